The highest BCUT2D eigenvalue weighted by Crippen LogP contribution is 2.60. The Kier molecular flexibility index (Phi) is 9.94. The van der Waals surface area contributed by atoms with Gasteiger partial charge in [-0.2, -0.15) is 0 Å². The summed E-state index contributed by atoms with van der Waals surface area (Å²) in [6, 6.07) is 25.0. The number of hydrogen-bond acceptors (Lipinski definition) is 7. The average Bonchev–Trinajstić information content (AvgIpc) is 3.79. The second-order valence-corrected chi connectivity index (χ2v) is 18.5. The fourth-order valence-corrected chi connectivity index (χ4v) is 11.1. The summed E-state index contributed by atoms with van der Waals surface area (Å²) < 4.78 is 25.0. The Bertz CT molecular complexity index is 1860. The molecule has 3 aliphatic rings. The second-order valence-electron chi connectivity index (χ2n) is 14.8. The van der Waals surface area contributed by atoms with Gasteiger partial charge in [0, 0.05) is 42.0 Å². The van der Waals surface area contributed by atoms with Crippen molar-refractivity contribution < 1.29 is 23.5 Å². The standard InChI is InChI=1S/C39H47FN6O4Si/c1-26-36(51(2,3)40)35(18-20-45-24-33(43-44-45)31(25-47)28-12-5-4-6-13-28)50-39(26)32-16-7-8-17-34(32)46(38(39)49)23-27-11-9-15-30(21-27)42-37(48)29-14-10-19-41-22-29/h4-9,11-13,15-17,21,24,26,29,31,35-36,41,47H,10,14,18-20,22-23,25H2,1-3H3,(H,42,48)/t26-,29?,31?,35+,36-,39+/m0/s1. The Labute approximate surface area is 299 Å². The number of piperidine rings is 1. The fourth-order valence-electron chi connectivity index (χ4n) is 8.58. The summed E-state index contributed by atoms with van der Waals surface area (Å²) >= 11 is 0. The maximum absolute atomic E-state index is 16.4. The molecular weight excluding hydrogens is 664 g/mol. The molecule has 2 saturated heterocycles. The van der Waals surface area contributed by atoms with Crippen molar-refractivity contribution in [2.24, 2.45) is 11.8 Å². The molecule has 1 aromatic heterocycles. The average molecular weight is 711 g/mol. The largest absolute Gasteiger partial charge is 0.395 e. The van der Waals surface area contributed by atoms with Crippen molar-refractivity contribution in [1.29, 1.82) is 0 Å². The third kappa shape index (κ3) is 6.77. The van der Waals surface area contributed by atoms with Gasteiger partial charge in [0.2, 0.25) is 14.3 Å². The molecule has 6 atom stereocenters. The fraction of sp³-hybridized carbons (Fsp3) is 0.436. The molecule has 0 radical (unpaired) electrons. The summed E-state index contributed by atoms with van der Waals surface area (Å²) in [7, 11) is -3.35. The lowest BCUT2D eigenvalue weighted by Gasteiger charge is -2.31. The predicted octanol–water partition coefficient (Wildman–Crippen LogP) is 5.75. The first-order chi connectivity index (χ1) is 24.6. The molecule has 2 unspecified atom stereocenters. The lowest BCUT2D eigenvalue weighted by molar-refractivity contribution is -0.146. The molecule has 0 aliphatic carbocycles. The van der Waals surface area contributed by atoms with Gasteiger partial charge in [0.05, 0.1) is 42.5 Å². The van der Waals surface area contributed by atoms with Gasteiger partial charge in [-0.25, -0.2) is 0 Å². The minimum atomic E-state index is -3.35. The summed E-state index contributed by atoms with van der Waals surface area (Å²) in [6.07, 6.45) is 3.59. The molecule has 268 valence electrons. The Morgan fingerprint density at radius 3 is 2.67 bits per heavy atom. The zero-order chi connectivity index (χ0) is 35.8. The van der Waals surface area contributed by atoms with Crippen LogP contribution >= 0.6 is 0 Å². The maximum Gasteiger partial charge on any atom is 0.264 e. The molecule has 7 rings (SSSR count). The number of aliphatic hydroxyl groups is 1. The van der Waals surface area contributed by atoms with Gasteiger partial charge in [-0.15, -0.1) is 5.10 Å². The SMILES string of the molecule is C[C@H]1[C@H]([Si](C)(C)F)[C@@H](CCn2cc(C(CO)c3ccccc3)nn2)O[C@]12C(=O)N(Cc1cccc(NC(=O)C3CCCNC3)c1)c1ccccc12. The van der Waals surface area contributed by atoms with E-state index in [1.54, 1.807) is 22.7 Å². The first-order valence-corrected chi connectivity index (χ1v) is 21.0. The first-order valence-electron chi connectivity index (χ1n) is 18.0. The van der Waals surface area contributed by atoms with Crippen LogP contribution in [0.4, 0.5) is 15.5 Å². The van der Waals surface area contributed by atoms with Crippen molar-refractivity contribution in [2.75, 3.05) is 29.9 Å². The number of rotatable bonds is 11. The molecule has 1 spiro atoms. The summed E-state index contributed by atoms with van der Waals surface area (Å²) in [5.74, 6) is -0.985. The topological polar surface area (TPSA) is 122 Å². The van der Waals surface area contributed by atoms with Crippen molar-refractivity contribution in [2.45, 2.75) is 75.5 Å². The van der Waals surface area contributed by atoms with Gasteiger partial charge in [0.25, 0.3) is 5.91 Å². The number of nitrogens with one attached hydrogen (secondary N) is 2. The van der Waals surface area contributed by atoms with Gasteiger partial charge < -0.3 is 29.5 Å². The van der Waals surface area contributed by atoms with E-state index < -0.39 is 31.6 Å². The van der Waals surface area contributed by atoms with E-state index in [0.29, 0.717) is 30.9 Å². The summed E-state index contributed by atoms with van der Waals surface area (Å²) in [4.78, 5) is 29.5. The molecule has 0 bridgehead atoms. The highest BCUT2D eigenvalue weighted by molar-refractivity contribution is 6.72. The van der Waals surface area contributed by atoms with Crippen LogP contribution < -0.4 is 15.5 Å². The molecule has 4 heterocycles. The number of aromatic nitrogens is 3. The molecule has 10 nitrogen and oxygen atoms in total. The number of benzene rings is 3. The minimum Gasteiger partial charge on any atom is -0.395 e. The van der Waals surface area contributed by atoms with Crippen LogP contribution in [0.25, 0.3) is 0 Å². The van der Waals surface area contributed by atoms with E-state index >= 15 is 4.11 Å². The molecule has 2 fully saturated rings. The van der Waals surface area contributed by atoms with Crippen LogP contribution in [0.3, 0.4) is 0 Å². The number of amides is 2. The predicted molar refractivity (Wildman–Crippen MR) is 196 cm³/mol. The van der Waals surface area contributed by atoms with Gasteiger partial charge >= 0.3 is 0 Å². The molecule has 12 heteroatoms. The van der Waals surface area contributed by atoms with E-state index in [-0.39, 0.29) is 36.8 Å². The van der Waals surface area contributed by atoms with Crippen LogP contribution in [-0.2, 0) is 33.0 Å². The van der Waals surface area contributed by atoms with Crippen LogP contribution in [-0.4, -0.2) is 66.1 Å². The number of anilines is 2. The molecule has 4 aromatic rings. The zero-order valence-electron chi connectivity index (χ0n) is 29.5. The molecule has 0 saturated carbocycles. The van der Waals surface area contributed by atoms with Crippen molar-refractivity contribution >= 4 is 31.6 Å². The van der Waals surface area contributed by atoms with E-state index in [4.69, 9.17) is 4.74 Å². The molecule has 3 N–H and O–H groups in total. The van der Waals surface area contributed by atoms with E-state index in [1.807, 2.05) is 92.0 Å². The summed E-state index contributed by atoms with van der Waals surface area (Å²) in [6.45, 7) is 7.57. The van der Waals surface area contributed by atoms with Crippen molar-refractivity contribution in [3.05, 3.63) is 107 Å². The minimum absolute atomic E-state index is 0.00399. The first kappa shape index (κ1) is 35.2. The number of hydrogen-bond donors (Lipinski definition) is 3. The Morgan fingerprint density at radius 2 is 1.92 bits per heavy atom. The van der Waals surface area contributed by atoms with Crippen LogP contribution in [0.1, 0.15) is 54.5 Å². The van der Waals surface area contributed by atoms with Crippen molar-refractivity contribution in [3.8, 4) is 0 Å². The van der Waals surface area contributed by atoms with Gasteiger partial charge in [-0.05, 0) is 68.2 Å². The monoisotopic (exact) mass is 710 g/mol. The third-order valence-corrected chi connectivity index (χ3v) is 13.5. The number of nitrogens with zero attached hydrogens (tertiary/aromatic N) is 4. The lowest BCUT2D eigenvalue weighted by atomic mass is 9.82. The summed E-state index contributed by atoms with van der Waals surface area (Å²) in [5.41, 5.74) is 2.91. The van der Waals surface area contributed by atoms with Gasteiger partial charge in [0.1, 0.15) is 0 Å². The highest BCUT2D eigenvalue weighted by Gasteiger charge is 2.66. The Balaban J connectivity index is 1.12. The Morgan fingerprint density at radius 1 is 1.14 bits per heavy atom. The molecule has 3 aliphatic heterocycles. The number of fused-ring (bicyclic) bond motifs is 2. The number of halogens is 1. The maximum atomic E-state index is 16.4. The van der Waals surface area contributed by atoms with Gasteiger partial charge in [0.15, 0.2) is 5.60 Å². The van der Waals surface area contributed by atoms with Crippen LogP contribution in [0.5, 0.6) is 0 Å². The number of ether oxygens (including phenoxy) is 1. The lowest BCUT2D eigenvalue weighted by Crippen LogP contribution is -2.45. The second kappa shape index (κ2) is 14.4. The third-order valence-electron chi connectivity index (χ3n) is 11.0. The van der Waals surface area contributed by atoms with Crippen molar-refractivity contribution in [1.82, 2.24) is 20.3 Å². The van der Waals surface area contributed by atoms with E-state index in [1.165, 1.54) is 0 Å². The molecule has 51 heavy (non-hydrogen) atoms. The highest BCUT2D eigenvalue weighted by atomic mass is 28.4. The quantitative estimate of drug-likeness (QED) is 0.134. The van der Waals surface area contributed by atoms with Crippen LogP contribution in [0.15, 0.2) is 85.1 Å². The van der Waals surface area contributed by atoms with E-state index in [2.05, 4.69) is 20.9 Å². The van der Waals surface area contributed by atoms with E-state index in [9.17, 15) is 14.7 Å². The number of carbonyl (C=O) groups excluding carboxylic acids is 2. The smallest absolute Gasteiger partial charge is 0.264 e. The molecule has 2 amide bonds. The van der Waals surface area contributed by atoms with Gasteiger partial charge in [-0.3, -0.25) is 14.3 Å². The zero-order valence-corrected chi connectivity index (χ0v) is 30.5. The van der Waals surface area contributed by atoms with E-state index in [0.717, 1.165) is 41.8 Å². The Hall–Kier alpha value is -4.23. The number of carbonyl (C=O) groups is 2. The van der Waals surface area contributed by atoms with Crippen LogP contribution in [0, 0.1) is 11.8 Å². The van der Waals surface area contributed by atoms with Crippen LogP contribution in [0.2, 0.25) is 18.6 Å². The normalized spacial score (nSPS) is 25.3. The molecule has 3 aromatic carbocycles. The summed E-state index contributed by atoms with van der Waals surface area (Å²) in [5, 5.41) is 25.2. The number of aliphatic hydroxyl groups excluding tert-OH is 1. The number of para-hydroxylation sites is 1. The number of aryl methyl sites for hydroxylation is 1. The van der Waals surface area contributed by atoms with Gasteiger partial charge in [-0.1, -0.05) is 72.8 Å². The van der Waals surface area contributed by atoms with Crippen molar-refractivity contribution in [3.63, 3.8) is 0 Å². The molecular formula is C39H47FN6O4Si.